The van der Waals surface area contributed by atoms with E-state index in [9.17, 15) is 0 Å². The van der Waals surface area contributed by atoms with Gasteiger partial charge < -0.3 is 0 Å². The minimum Gasteiger partial charge on any atom is -0.228 e. The van der Waals surface area contributed by atoms with Crippen LogP contribution in [0.15, 0.2) is 170 Å². The van der Waals surface area contributed by atoms with Gasteiger partial charge in [0, 0.05) is 16.5 Å². The van der Waals surface area contributed by atoms with Crippen LogP contribution in [0.1, 0.15) is 22.3 Å². The molecule has 0 saturated carbocycles. The van der Waals surface area contributed by atoms with Crippen LogP contribution in [0.3, 0.4) is 0 Å². The van der Waals surface area contributed by atoms with Gasteiger partial charge in [-0.25, -0.2) is 9.97 Å². The van der Waals surface area contributed by atoms with E-state index in [1.165, 1.54) is 55.6 Å². The number of para-hydroxylation sites is 1. The second-order valence-corrected chi connectivity index (χ2v) is 12.5. The van der Waals surface area contributed by atoms with Crippen molar-refractivity contribution in [2.45, 2.75) is 5.41 Å². The molecule has 2 aliphatic rings. The molecule has 2 nitrogen and oxygen atoms in total. The molecule has 2 heteroatoms. The fourth-order valence-corrected chi connectivity index (χ4v) is 8.21. The number of hydrogen-bond donors (Lipinski definition) is 0. The first-order chi connectivity index (χ1) is 23.3. The summed E-state index contributed by atoms with van der Waals surface area (Å²) in [6.07, 6.45) is 0. The third-order valence-corrected chi connectivity index (χ3v) is 10.1. The van der Waals surface area contributed by atoms with E-state index in [1.807, 2.05) is 6.07 Å². The van der Waals surface area contributed by atoms with E-state index < -0.39 is 5.41 Å². The molecule has 47 heavy (non-hydrogen) atoms. The van der Waals surface area contributed by atoms with Crippen LogP contribution in [0.25, 0.3) is 66.9 Å². The van der Waals surface area contributed by atoms with Gasteiger partial charge in [-0.05, 0) is 67.8 Å². The quantitative estimate of drug-likeness (QED) is 0.198. The van der Waals surface area contributed by atoms with Crippen LogP contribution in [0.2, 0.25) is 0 Å². The Bertz CT molecular complexity index is 2480. The highest BCUT2D eigenvalue weighted by atomic mass is 14.9. The number of fused-ring (bicyclic) bond motifs is 13. The van der Waals surface area contributed by atoms with Crippen molar-refractivity contribution in [3.8, 4) is 56.0 Å². The first-order valence-corrected chi connectivity index (χ1v) is 16.2. The minimum atomic E-state index is -0.534. The summed E-state index contributed by atoms with van der Waals surface area (Å²) in [6.45, 7) is 0. The summed E-state index contributed by atoms with van der Waals surface area (Å²) in [5.41, 5.74) is 16.2. The molecule has 0 bridgehead atoms. The summed E-state index contributed by atoms with van der Waals surface area (Å²) in [5.74, 6) is 0.728. The molecule has 7 aromatic carbocycles. The lowest BCUT2D eigenvalue weighted by Crippen LogP contribution is -2.29. The number of hydrogen-bond acceptors (Lipinski definition) is 2. The minimum absolute atomic E-state index is 0.534. The smallest absolute Gasteiger partial charge is 0.160 e. The Kier molecular flexibility index (Phi) is 5.53. The molecule has 1 aromatic heterocycles. The molecule has 0 fully saturated rings. The van der Waals surface area contributed by atoms with Crippen molar-refractivity contribution in [3.05, 3.63) is 192 Å². The number of nitrogens with zero attached hydrogens (tertiary/aromatic N) is 2. The van der Waals surface area contributed by atoms with Crippen molar-refractivity contribution in [1.82, 2.24) is 9.97 Å². The highest BCUT2D eigenvalue weighted by molar-refractivity contribution is 5.98. The van der Waals surface area contributed by atoms with E-state index in [4.69, 9.17) is 9.97 Å². The van der Waals surface area contributed by atoms with Gasteiger partial charge in [0.05, 0.1) is 16.6 Å². The summed E-state index contributed by atoms with van der Waals surface area (Å²) in [7, 11) is 0. The van der Waals surface area contributed by atoms with Crippen LogP contribution in [0.5, 0.6) is 0 Å². The predicted molar refractivity (Wildman–Crippen MR) is 192 cm³/mol. The molecular weight excluding hydrogens is 569 g/mol. The molecule has 0 amide bonds. The van der Waals surface area contributed by atoms with E-state index in [1.54, 1.807) is 0 Å². The van der Waals surface area contributed by atoms with Gasteiger partial charge in [-0.15, -0.1) is 0 Å². The van der Waals surface area contributed by atoms with Crippen molar-refractivity contribution >= 4 is 10.9 Å². The monoisotopic (exact) mass is 596 g/mol. The number of aromatic nitrogens is 2. The predicted octanol–water partition coefficient (Wildman–Crippen LogP) is 11.0. The zero-order valence-corrected chi connectivity index (χ0v) is 25.6. The Morgan fingerprint density at radius 3 is 1.47 bits per heavy atom. The van der Waals surface area contributed by atoms with Crippen LogP contribution in [-0.2, 0) is 5.41 Å². The van der Waals surface area contributed by atoms with E-state index in [-0.39, 0.29) is 0 Å². The number of benzene rings is 7. The fourth-order valence-electron chi connectivity index (χ4n) is 8.21. The van der Waals surface area contributed by atoms with E-state index in [0.717, 1.165) is 33.5 Å². The zero-order chi connectivity index (χ0) is 31.0. The van der Waals surface area contributed by atoms with Gasteiger partial charge in [-0.2, -0.15) is 0 Å². The molecule has 1 spiro atoms. The first-order valence-electron chi connectivity index (χ1n) is 16.2. The highest BCUT2D eigenvalue weighted by Gasteiger charge is 2.49. The molecule has 1 heterocycles. The molecule has 0 aliphatic heterocycles. The average molecular weight is 597 g/mol. The Morgan fingerprint density at radius 1 is 0.340 bits per heavy atom. The van der Waals surface area contributed by atoms with E-state index >= 15 is 0 Å². The van der Waals surface area contributed by atoms with Crippen LogP contribution in [-0.4, -0.2) is 9.97 Å². The lowest BCUT2D eigenvalue weighted by atomic mass is 9.65. The Hall–Kier alpha value is -6.12. The van der Waals surface area contributed by atoms with Crippen molar-refractivity contribution in [1.29, 1.82) is 0 Å². The van der Waals surface area contributed by atoms with Gasteiger partial charge in [0.1, 0.15) is 0 Å². The number of rotatable bonds is 2. The van der Waals surface area contributed by atoms with Crippen LogP contribution in [0.4, 0.5) is 0 Å². The second-order valence-electron chi connectivity index (χ2n) is 12.5. The fraction of sp³-hybridized carbons (Fsp3) is 0.0222. The molecular formula is C45H28N2. The van der Waals surface area contributed by atoms with Gasteiger partial charge in [0.15, 0.2) is 5.82 Å². The molecule has 0 atom stereocenters. The lowest BCUT2D eigenvalue weighted by molar-refractivity contribution is 0.775. The average Bonchev–Trinajstić information content (AvgIpc) is 3.39. The molecule has 2 aliphatic carbocycles. The van der Waals surface area contributed by atoms with Gasteiger partial charge in [0.25, 0.3) is 0 Å². The maximum absolute atomic E-state index is 5.29. The largest absolute Gasteiger partial charge is 0.228 e. The summed E-state index contributed by atoms with van der Waals surface area (Å²) < 4.78 is 0. The second kappa shape index (κ2) is 9.94. The van der Waals surface area contributed by atoms with Gasteiger partial charge >= 0.3 is 0 Å². The maximum Gasteiger partial charge on any atom is 0.160 e. The van der Waals surface area contributed by atoms with Gasteiger partial charge in [0.2, 0.25) is 0 Å². The van der Waals surface area contributed by atoms with Crippen molar-refractivity contribution in [2.75, 3.05) is 0 Å². The van der Waals surface area contributed by atoms with Gasteiger partial charge in [-0.1, -0.05) is 158 Å². The summed E-state index contributed by atoms with van der Waals surface area (Å²) in [4.78, 5) is 10.5. The highest BCUT2D eigenvalue weighted by Crippen LogP contribution is 2.61. The summed E-state index contributed by atoms with van der Waals surface area (Å²) in [6, 6.07) is 61.5. The van der Waals surface area contributed by atoms with Crippen LogP contribution in [0, 0.1) is 0 Å². The summed E-state index contributed by atoms with van der Waals surface area (Å²) in [5, 5.41) is 1.05. The van der Waals surface area contributed by atoms with Crippen molar-refractivity contribution < 1.29 is 0 Å². The zero-order valence-electron chi connectivity index (χ0n) is 25.6. The molecule has 0 saturated heterocycles. The van der Waals surface area contributed by atoms with Crippen LogP contribution >= 0.6 is 0 Å². The third kappa shape index (κ3) is 3.61. The molecule has 0 unspecified atom stereocenters. The molecule has 0 radical (unpaired) electrons. The first kappa shape index (κ1) is 26.1. The van der Waals surface area contributed by atoms with Crippen molar-refractivity contribution in [2.24, 2.45) is 0 Å². The maximum atomic E-state index is 5.29. The Balaban J connectivity index is 1.34. The topological polar surface area (TPSA) is 25.8 Å². The van der Waals surface area contributed by atoms with Crippen LogP contribution < -0.4 is 0 Å². The third-order valence-electron chi connectivity index (χ3n) is 10.1. The standard InChI is InChI=1S/C45H28N2/c1-2-14-29(15-3-1)43-37-21-9-13-25-42(37)46-44(47-43)30-26-27-36-32-17-5-4-16-31(32)33-18-6-10-22-38(33)45(41(36)28-30)39-23-11-7-19-34(39)35-20-8-12-24-40(35)45/h1-28H. The van der Waals surface area contributed by atoms with E-state index in [0.29, 0.717) is 0 Å². The Labute approximate surface area is 273 Å². The molecule has 10 rings (SSSR count). The van der Waals surface area contributed by atoms with Gasteiger partial charge in [-0.3, -0.25) is 0 Å². The SMILES string of the molecule is c1ccc(-c2nc(-c3ccc4c(c3)C3(c5ccccc5-c5ccccc5-4)c4ccccc4-c4ccccc43)nc3ccccc23)cc1. The van der Waals surface area contributed by atoms with E-state index in [2.05, 4.69) is 164 Å². The molecule has 8 aromatic rings. The summed E-state index contributed by atoms with van der Waals surface area (Å²) >= 11 is 0. The normalized spacial score (nSPS) is 13.3. The lowest BCUT2D eigenvalue weighted by Gasteiger charge is -2.35. The van der Waals surface area contributed by atoms with Crippen molar-refractivity contribution in [3.63, 3.8) is 0 Å². The molecule has 0 N–H and O–H groups in total. The Morgan fingerprint density at radius 2 is 0.830 bits per heavy atom. The molecule has 218 valence electrons.